The van der Waals surface area contributed by atoms with Gasteiger partial charge in [0.25, 0.3) is 0 Å². The van der Waals surface area contributed by atoms with E-state index < -0.39 is 0 Å². The third-order valence-electron chi connectivity index (χ3n) is 4.96. The number of rotatable bonds is 2. The number of aryl methyl sites for hydroxylation is 1. The van der Waals surface area contributed by atoms with Crippen molar-refractivity contribution in [2.24, 2.45) is 0 Å². The van der Waals surface area contributed by atoms with Gasteiger partial charge in [-0.2, -0.15) is 0 Å². The lowest BCUT2D eigenvalue weighted by molar-refractivity contribution is 0.669. The molecule has 0 aliphatic heterocycles. The summed E-state index contributed by atoms with van der Waals surface area (Å²) in [6.07, 6.45) is 0. The average molecular weight is 334 g/mol. The highest BCUT2D eigenvalue weighted by atomic mass is 16.3. The molecule has 0 N–H and O–H groups in total. The van der Waals surface area contributed by atoms with Gasteiger partial charge in [0.1, 0.15) is 11.2 Å². The smallest absolute Gasteiger partial charge is 0.136 e. The largest absolute Gasteiger partial charge is 0.456 e. The number of benzene rings is 4. The number of fused-ring (bicyclic) bond motifs is 3. The molecule has 0 saturated heterocycles. The second-order valence-electron chi connectivity index (χ2n) is 6.72. The third kappa shape index (κ3) is 2.41. The highest BCUT2D eigenvalue weighted by Gasteiger charge is 2.13. The van der Waals surface area contributed by atoms with E-state index in [1.54, 1.807) is 0 Å². The predicted octanol–water partition coefficient (Wildman–Crippen LogP) is 7.23. The molecule has 0 radical (unpaired) electrons. The Labute approximate surface area is 152 Å². The summed E-state index contributed by atoms with van der Waals surface area (Å²) in [5.41, 5.74) is 7.99. The van der Waals surface area contributed by atoms with Gasteiger partial charge >= 0.3 is 0 Å². The summed E-state index contributed by atoms with van der Waals surface area (Å²) in [6.45, 7) is 2.11. The van der Waals surface area contributed by atoms with Crippen LogP contribution in [-0.4, -0.2) is 0 Å². The van der Waals surface area contributed by atoms with Crippen molar-refractivity contribution < 1.29 is 4.42 Å². The molecule has 4 aromatic carbocycles. The van der Waals surface area contributed by atoms with Gasteiger partial charge < -0.3 is 4.42 Å². The molecule has 26 heavy (non-hydrogen) atoms. The summed E-state index contributed by atoms with van der Waals surface area (Å²) in [5, 5.41) is 2.35. The SMILES string of the molecule is Cc1ccc(-c2cccc3oc4ccc(-c5ccccc5)cc4c23)cc1. The second-order valence-corrected chi connectivity index (χ2v) is 6.72. The summed E-state index contributed by atoms with van der Waals surface area (Å²) in [7, 11) is 0. The maximum Gasteiger partial charge on any atom is 0.136 e. The highest BCUT2D eigenvalue weighted by Crippen LogP contribution is 2.38. The van der Waals surface area contributed by atoms with Crippen LogP contribution in [0.1, 0.15) is 5.56 Å². The van der Waals surface area contributed by atoms with E-state index in [2.05, 4.69) is 91.9 Å². The standard InChI is InChI=1S/C25H18O/c1-17-10-12-19(13-11-17)21-8-5-9-24-25(21)22-16-20(14-15-23(22)26-24)18-6-3-2-4-7-18/h2-16H,1H3. The lowest BCUT2D eigenvalue weighted by Gasteiger charge is -2.05. The fraction of sp³-hybridized carbons (Fsp3) is 0.0400. The van der Waals surface area contributed by atoms with E-state index in [9.17, 15) is 0 Å². The quantitative estimate of drug-likeness (QED) is 0.332. The molecule has 0 unspecified atom stereocenters. The Morgan fingerprint density at radius 3 is 2.15 bits per heavy atom. The van der Waals surface area contributed by atoms with E-state index in [1.807, 2.05) is 6.07 Å². The van der Waals surface area contributed by atoms with E-state index in [0.717, 1.165) is 16.6 Å². The predicted molar refractivity (Wildman–Crippen MR) is 109 cm³/mol. The molecule has 124 valence electrons. The van der Waals surface area contributed by atoms with Crippen molar-refractivity contribution >= 4 is 21.9 Å². The zero-order valence-corrected chi connectivity index (χ0v) is 14.6. The number of hydrogen-bond acceptors (Lipinski definition) is 1. The molecule has 0 bridgehead atoms. The fourth-order valence-corrected chi connectivity index (χ4v) is 3.61. The maximum absolute atomic E-state index is 6.13. The first-order chi connectivity index (χ1) is 12.8. The summed E-state index contributed by atoms with van der Waals surface area (Å²) >= 11 is 0. The van der Waals surface area contributed by atoms with E-state index in [-0.39, 0.29) is 0 Å². The van der Waals surface area contributed by atoms with Crippen LogP contribution in [0.25, 0.3) is 44.2 Å². The minimum Gasteiger partial charge on any atom is -0.456 e. The van der Waals surface area contributed by atoms with Crippen LogP contribution in [0, 0.1) is 6.92 Å². The second kappa shape index (κ2) is 5.89. The zero-order valence-electron chi connectivity index (χ0n) is 14.6. The van der Waals surface area contributed by atoms with Crippen LogP contribution in [-0.2, 0) is 0 Å². The Kier molecular flexibility index (Phi) is 3.39. The summed E-state index contributed by atoms with van der Waals surface area (Å²) in [5.74, 6) is 0. The number of hydrogen-bond donors (Lipinski definition) is 0. The lowest BCUT2D eigenvalue weighted by atomic mass is 9.97. The molecule has 5 aromatic rings. The van der Waals surface area contributed by atoms with Gasteiger partial charge in [0.05, 0.1) is 0 Å². The van der Waals surface area contributed by atoms with E-state index in [1.165, 1.54) is 33.2 Å². The Hall–Kier alpha value is -3.32. The first-order valence-electron chi connectivity index (χ1n) is 8.87. The molecule has 0 saturated carbocycles. The fourth-order valence-electron chi connectivity index (χ4n) is 3.61. The van der Waals surface area contributed by atoms with Gasteiger partial charge in [-0.3, -0.25) is 0 Å². The Morgan fingerprint density at radius 2 is 1.35 bits per heavy atom. The van der Waals surface area contributed by atoms with Crippen LogP contribution >= 0.6 is 0 Å². The molecule has 0 fully saturated rings. The van der Waals surface area contributed by atoms with Gasteiger partial charge in [-0.1, -0.05) is 78.4 Å². The monoisotopic (exact) mass is 334 g/mol. The average Bonchev–Trinajstić information content (AvgIpc) is 3.07. The normalized spacial score (nSPS) is 11.3. The maximum atomic E-state index is 6.13. The molecular formula is C25H18O. The van der Waals surface area contributed by atoms with Crippen LogP contribution in [0.4, 0.5) is 0 Å². The summed E-state index contributed by atoms with van der Waals surface area (Å²) in [6, 6.07) is 31.9. The van der Waals surface area contributed by atoms with Gasteiger partial charge in [0.2, 0.25) is 0 Å². The Balaban J connectivity index is 1.80. The third-order valence-corrected chi connectivity index (χ3v) is 4.96. The van der Waals surface area contributed by atoms with Crippen molar-refractivity contribution in [1.29, 1.82) is 0 Å². The van der Waals surface area contributed by atoms with Crippen molar-refractivity contribution in [3.8, 4) is 22.3 Å². The summed E-state index contributed by atoms with van der Waals surface area (Å²) in [4.78, 5) is 0. The molecule has 0 spiro atoms. The van der Waals surface area contributed by atoms with Gasteiger partial charge in [0.15, 0.2) is 0 Å². The van der Waals surface area contributed by atoms with Crippen molar-refractivity contribution in [2.75, 3.05) is 0 Å². The first-order valence-corrected chi connectivity index (χ1v) is 8.87. The molecule has 1 heterocycles. The van der Waals surface area contributed by atoms with Crippen molar-refractivity contribution in [2.45, 2.75) is 6.92 Å². The van der Waals surface area contributed by atoms with Gasteiger partial charge in [-0.25, -0.2) is 0 Å². The highest BCUT2D eigenvalue weighted by molar-refractivity contribution is 6.13. The van der Waals surface area contributed by atoms with E-state index >= 15 is 0 Å². The Bertz CT molecular complexity index is 1210. The van der Waals surface area contributed by atoms with Gasteiger partial charge in [0, 0.05) is 10.8 Å². The van der Waals surface area contributed by atoms with E-state index in [4.69, 9.17) is 4.42 Å². The molecule has 0 aliphatic carbocycles. The molecule has 1 heteroatoms. The van der Waals surface area contributed by atoms with E-state index in [0.29, 0.717) is 0 Å². The zero-order chi connectivity index (χ0) is 17.5. The lowest BCUT2D eigenvalue weighted by Crippen LogP contribution is -1.81. The van der Waals surface area contributed by atoms with Gasteiger partial charge in [-0.15, -0.1) is 0 Å². The minimum absolute atomic E-state index is 0.930. The Morgan fingerprint density at radius 1 is 0.577 bits per heavy atom. The van der Waals surface area contributed by atoms with Crippen molar-refractivity contribution in [3.63, 3.8) is 0 Å². The van der Waals surface area contributed by atoms with Crippen LogP contribution in [0.15, 0.2) is 95.4 Å². The van der Waals surface area contributed by atoms with Crippen LogP contribution in [0.5, 0.6) is 0 Å². The van der Waals surface area contributed by atoms with Crippen LogP contribution < -0.4 is 0 Å². The van der Waals surface area contributed by atoms with Crippen LogP contribution in [0.2, 0.25) is 0 Å². The minimum atomic E-state index is 0.930. The molecule has 0 amide bonds. The molecule has 0 atom stereocenters. The van der Waals surface area contributed by atoms with Crippen LogP contribution in [0.3, 0.4) is 0 Å². The van der Waals surface area contributed by atoms with Crippen molar-refractivity contribution in [3.05, 3.63) is 96.6 Å². The molecule has 5 rings (SSSR count). The first kappa shape index (κ1) is 15.0. The summed E-state index contributed by atoms with van der Waals surface area (Å²) < 4.78 is 6.13. The van der Waals surface area contributed by atoms with Crippen molar-refractivity contribution in [1.82, 2.24) is 0 Å². The molecule has 0 aliphatic rings. The number of furan rings is 1. The topological polar surface area (TPSA) is 13.1 Å². The molecule has 1 nitrogen and oxygen atoms in total. The molecule has 1 aromatic heterocycles. The molecular weight excluding hydrogens is 316 g/mol. The van der Waals surface area contributed by atoms with Gasteiger partial charge in [-0.05, 0) is 47.4 Å².